The highest BCUT2D eigenvalue weighted by Gasteiger charge is 2.06. The van der Waals surface area contributed by atoms with Gasteiger partial charge in [0.15, 0.2) is 0 Å². The number of hydrogen-bond acceptors (Lipinski definition) is 4. The van der Waals surface area contributed by atoms with Crippen LogP contribution >= 0.6 is 23.3 Å². The van der Waals surface area contributed by atoms with Crippen molar-refractivity contribution < 1.29 is 4.79 Å². The second-order valence-electron chi connectivity index (χ2n) is 3.49. The number of nitrogens with zero attached hydrogens (tertiary/aromatic N) is 1. The lowest BCUT2D eigenvalue weighted by Crippen LogP contribution is -2.13. The van der Waals surface area contributed by atoms with Gasteiger partial charge in [-0.25, -0.2) is 0 Å². The molecule has 2 N–H and O–H groups in total. The molecule has 0 bridgehead atoms. The van der Waals surface area contributed by atoms with Crippen LogP contribution in [0.5, 0.6) is 0 Å². The molecule has 84 valence electrons. The van der Waals surface area contributed by atoms with Crippen molar-refractivity contribution in [1.29, 1.82) is 0 Å². The maximum atomic E-state index is 10.5. The van der Waals surface area contributed by atoms with E-state index in [2.05, 4.69) is 17.4 Å². The van der Waals surface area contributed by atoms with Crippen molar-refractivity contribution in [2.75, 3.05) is 11.5 Å². The molecule has 3 nitrogen and oxygen atoms in total. The van der Waals surface area contributed by atoms with Gasteiger partial charge in [-0.3, -0.25) is 4.79 Å². The molecule has 1 unspecified atom stereocenters. The van der Waals surface area contributed by atoms with Crippen molar-refractivity contribution in [3.63, 3.8) is 0 Å². The lowest BCUT2D eigenvalue weighted by atomic mass is 10.0. The van der Waals surface area contributed by atoms with Crippen molar-refractivity contribution >= 4 is 29.2 Å². The molecule has 0 fully saturated rings. The molecule has 0 aliphatic heterocycles. The van der Waals surface area contributed by atoms with Gasteiger partial charge in [0.1, 0.15) is 0 Å². The molecule has 0 spiro atoms. The Morgan fingerprint density at radius 3 is 3.13 bits per heavy atom. The SMILES string of the molecule is CC(CCCSCC(N)=O)c1ccsn1. The molecule has 0 aliphatic carbocycles. The summed E-state index contributed by atoms with van der Waals surface area (Å²) in [7, 11) is 0. The van der Waals surface area contributed by atoms with Crippen molar-refractivity contribution in [2.45, 2.75) is 25.7 Å². The third-order valence-electron chi connectivity index (χ3n) is 2.13. The molecule has 1 heterocycles. The van der Waals surface area contributed by atoms with Crippen molar-refractivity contribution in [2.24, 2.45) is 5.73 Å². The van der Waals surface area contributed by atoms with E-state index < -0.39 is 0 Å². The van der Waals surface area contributed by atoms with Crippen molar-refractivity contribution in [1.82, 2.24) is 4.37 Å². The Hall–Kier alpha value is -0.550. The van der Waals surface area contributed by atoms with E-state index in [0.29, 0.717) is 11.7 Å². The van der Waals surface area contributed by atoms with Gasteiger partial charge in [-0.1, -0.05) is 6.92 Å². The predicted molar refractivity (Wildman–Crippen MR) is 66.3 cm³/mol. The number of rotatable bonds is 7. The number of carbonyl (C=O) groups is 1. The minimum absolute atomic E-state index is 0.229. The normalized spacial score (nSPS) is 12.6. The molecule has 1 amide bonds. The zero-order valence-electron chi connectivity index (χ0n) is 8.81. The van der Waals surface area contributed by atoms with Gasteiger partial charge >= 0.3 is 0 Å². The first-order chi connectivity index (χ1) is 7.20. The predicted octanol–water partition coefficient (Wildman–Crippen LogP) is 2.25. The largest absolute Gasteiger partial charge is 0.369 e. The van der Waals surface area contributed by atoms with E-state index in [1.54, 1.807) is 11.8 Å². The first-order valence-electron chi connectivity index (χ1n) is 4.96. The van der Waals surface area contributed by atoms with Crippen LogP contribution in [0.2, 0.25) is 0 Å². The van der Waals surface area contributed by atoms with Crippen LogP contribution in [0.1, 0.15) is 31.4 Å². The molecule has 1 aromatic rings. The summed E-state index contributed by atoms with van der Waals surface area (Å²) in [5.41, 5.74) is 6.22. The number of primary amides is 1. The Morgan fingerprint density at radius 1 is 1.73 bits per heavy atom. The third-order valence-corrected chi connectivity index (χ3v) is 3.77. The zero-order valence-corrected chi connectivity index (χ0v) is 10.4. The third kappa shape index (κ3) is 5.18. The van der Waals surface area contributed by atoms with Gasteiger partial charge in [-0.15, -0.1) is 0 Å². The fourth-order valence-corrected chi connectivity index (χ4v) is 2.63. The second kappa shape index (κ2) is 6.85. The molecule has 0 saturated carbocycles. The van der Waals surface area contributed by atoms with Gasteiger partial charge in [0.05, 0.1) is 11.4 Å². The average molecular weight is 244 g/mol. The molecule has 0 aliphatic rings. The molecule has 5 heteroatoms. The summed E-state index contributed by atoms with van der Waals surface area (Å²) in [5, 5.41) is 2.01. The Labute approximate surface area is 98.6 Å². The Kier molecular flexibility index (Phi) is 5.71. The topological polar surface area (TPSA) is 56.0 Å². The number of hydrogen-bond donors (Lipinski definition) is 1. The molecule has 0 aromatic carbocycles. The van der Waals surface area contributed by atoms with Crippen LogP contribution in [-0.2, 0) is 4.79 Å². The fourth-order valence-electron chi connectivity index (χ4n) is 1.29. The van der Waals surface area contributed by atoms with Crippen LogP contribution in [0.25, 0.3) is 0 Å². The monoisotopic (exact) mass is 244 g/mol. The molecular formula is C10H16N2OS2. The van der Waals surface area contributed by atoms with Gasteiger partial charge in [0.2, 0.25) is 5.91 Å². The van der Waals surface area contributed by atoms with E-state index in [1.165, 1.54) is 17.2 Å². The number of amides is 1. The van der Waals surface area contributed by atoms with Crippen LogP contribution in [-0.4, -0.2) is 21.8 Å². The molecule has 1 aromatic heterocycles. The molecular weight excluding hydrogens is 228 g/mol. The molecule has 1 rings (SSSR count). The Bertz CT molecular complexity index is 288. The number of carbonyl (C=O) groups excluding carboxylic acids is 1. The van der Waals surface area contributed by atoms with Crippen LogP contribution < -0.4 is 5.73 Å². The van der Waals surface area contributed by atoms with E-state index in [9.17, 15) is 4.79 Å². The lowest BCUT2D eigenvalue weighted by molar-refractivity contribution is -0.115. The van der Waals surface area contributed by atoms with Gasteiger partial charge in [-0.2, -0.15) is 16.1 Å². The maximum absolute atomic E-state index is 10.5. The van der Waals surface area contributed by atoms with Crippen LogP contribution in [0.4, 0.5) is 0 Å². The summed E-state index contributed by atoms with van der Waals surface area (Å²) in [6.07, 6.45) is 2.23. The summed E-state index contributed by atoms with van der Waals surface area (Å²) >= 11 is 3.11. The first kappa shape index (κ1) is 12.5. The van der Waals surface area contributed by atoms with Crippen LogP contribution in [0, 0.1) is 0 Å². The highest BCUT2D eigenvalue weighted by Crippen LogP contribution is 2.20. The smallest absolute Gasteiger partial charge is 0.227 e. The minimum atomic E-state index is -0.229. The lowest BCUT2D eigenvalue weighted by Gasteiger charge is -2.07. The molecule has 1 atom stereocenters. The van der Waals surface area contributed by atoms with Gasteiger partial charge in [0, 0.05) is 5.38 Å². The van der Waals surface area contributed by atoms with E-state index >= 15 is 0 Å². The van der Waals surface area contributed by atoms with E-state index in [-0.39, 0.29) is 5.91 Å². The zero-order chi connectivity index (χ0) is 11.1. The highest BCUT2D eigenvalue weighted by molar-refractivity contribution is 7.99. The molecule has 0 saturated heterocycles. The summed E-state index contributed by atoms with van der Waals surface area (Å²) in [6.45, 7) is 2.19. The summed E-state index contributed by atoms with van der Waals surface area (Å²) in [4.78, 5) is 10.5. The minimum Gasteiger partial charge on any atom is -0.369 e. The molecule has 15 heavy (non-hydrogen) atoms. The summed E-state index contributed by atoms with van der Waals surface area (Å²) < 4.78 is 4.30. The van der Waals surface area contributed by atoms with Gasteiger partial charge in [0.25, 0.3) is 0 Å². The number of aromatic nitrogens is 1. The van der Waals surface area contributed by atoms with Crippen molar-refractivity contribution in [3.8, 4) is 0 Å². The second-order valence-corrected chi connectivity index (χ2v) is 5.26. The van der Waals surface area contributed by atoms with E-state index in [1.807, 2.05) is 5.38 Å². The van der Waals surface area contributed by atoms with Gasteiger partial charge in [-0.05, 0) is 42.1 Å². The van der Waals surface area contributed by atoms with Crippen LogP contribution in [0.3, 0.4) is 0 Å². The van der Waals surface area contributed by atoms with E-state index in [0.717, 1.165) is 18.6 Å². The quantitative estimate of drug-likeness (QED) is 0.748. The van der Waals surface area contributed by atoms with E-state index in [4.69, 9.17) is 5.73 Å². The molecule has 0 radical (unpaired) electrons. The summed E-state index contributed by atoms with van der Waals surface area (Å²) in [5.74, 6) is 1.72. The first-order valence-corrected chi connectivity index (χ1v) is 6.95. The Balaban J connectivity index is 2.08. The van der Waals surface area contributed by atoms with Gasteiger partial charge < -0.3 is 5.73 Å². The number of nitrogens with two attached hydrogens (primary N) is 1. The number of thioether (sulfide) groups is 1. The highest BCUT2D eigenvalue weighted by atomic mass is 32.2. The standard InChI is InChI=1S/C10H16N2OS2/c1-8(9-4-6-15-12-9)3-2-5-14-7-10(11)13/h4,6,8H,2-3,5,7H2,1H3,(H2,11,13). The van der Waals surface area contributed by atoms with Crippen molar-refractivity contribution in [3.05, 3.63) is 17.1 Å². The fraction of sp³-hybridized carbons (Fsp3) is 0.600. The average Bonchev–Trinajstić information content (AvgIpc) is 2.69. The Morgan fingerprint density at radius 2 is 2.53 bits per heavy atom. The summed E-state index contributed by atoms with van der Waals surface area (Å²) in [6, 6.07) is 2.08. The van der Waals surface area contributed by atoms with Crippen LogP contribution in [0.15, 0.2) is 11.4 Å². The maximum Gasteiger partial charge on any atom is 0.227 e.